The molecule has 0 aliphatic carbocycles. The van der Waals surface area contributed by atoms with Gasteiger partial charge in [-0.05, 0) is 24.6 Å². The van der Waals surface area contributed by atoms with Gasteiger partial charge in [0.2, 0.25) is 0 Å². The fourth-order valence-corrected chi connectivity index (χ4v) is 1.03. The summed E-state index contributed by atoms with van der Waals surface area (Å²) in [5.74, 6) is 0. The molecule has 68 valence electrons. The Morgan fingerprint density at radius 1 is 1.54 bits per heavy atom. The zero-order chi connectivity index (χ0) is 9.68. The Morgan fingerprint density at radius 3 is 3.00 bits per heavy atom. The van der Waals surface area contributed by atoms with E-state index in [9.17, 15) is 0 Å². The lowest BCUT2D eigenvalue weighted by Gasteiger charge is -2.03. The summed E-state index contributed by atoms with van der Waals surface area (Å²) in [6, 6.07) is 5.52. The number of anilines is 1. The van der Waals surface area contributed by atoms with Gasteiger partial charge in [0.15, 0.2) is 0 Å². The first-order chi connectivity index (χ1) is 6.24. The van der Waals surface area contributed by atoms with Crippen LogP contribution in [0, 0.1) is 12.3 Å². The smallest absolute Gasteiger partial charge is 0.0648 e. The van der Waals surface area contributed by atoms with Crippen LogP contribution >= 0.6 is 11.6 Å². The fraction of sp³-hybridized carbons (Fsp3) is 0.111. The number of nitrogens with zero attached hydrogens (tertiary/aromatic N) is 1. The van der Waals surface area contributed by atoms with Crippen LogP contribution in [-0.2, 0) is 0 Å². The summed E-state index contributed by atoms with van der Waals surface area (Å²) in [7, 11) is 0. The normalized spacial score (nSPS) is 10.3. The van der Waals surface area contributed by atoms with E-state index in [4.69, 9.17) is 17.0 Å². The van der Waals surface area contributed by atoms with Gasteiger partial charge < -0.3 is 5.41 Å². The van der Waals surface area contributed by atoms with Crippen molar-refractivity contribution in [2.45, 2.75) is 6.92 Å². The number of aryl methyl sites for hydroxylation is 1. The van der Waals surface area contributed by atoms with E-state index in [-0.39, 0.29) is 0 Å². The summed E-state index contributed by atoms with van der Waals surface area (Å²) in [6.45, 7) is 1.96. The number of hydrogen-bond acceptors (Lipinski definition) is 3. The third-order valence-electron chi connectivity index (χ3n) is 1.53. The van der Waals surface area contributed by atoms with Crippen LogP contribution in [-0.4, -0.2) is 12.4 Å². The summed E-state index contributed by atoms with van der Waals surface area (Å²) >= 11 is 5.79. The summed E-state index contributed by atoms with van der Waals surface area (Å²) in [4.78, 5) is 0. The van der Waals surface area contributed by atoms with Gasteiger partial charge in [-0.3, -0.25) is 5.43 Å². The second-order valence-electron chi connectivity index (χ2n) is 2.52. The van der Waals surface area contributed by atoms with Crippen LogP contribution in [0.1, 0.15) is 5.56 Å². The number of nitrogens with one attached hydrogen (secondary N) is 2. The Balaban J connectivity index is 2.81. The molecule has 1 aromatic carbocycles. The number of benzene rings is 1. The van der Waals surface area contributed by atoms with Gasteiger partial charge in [0.1, 0.15) is 0 Å². The molecule has 0 bridgehead atoms. The SMILES string of the molecule is Cc1ccc(Cl)cc1N/N=C\C=N. The Labute approximate surface area is 81.9 Å². The number of hydrazone groups is 1. The molecule has 0 radical (unpaired) electrons. The Hall–Kier alpha value is -1.35. The molecule has 0 spiro atoms. The molecule has 0 atom stereocenters. The van der Waals surface area contributed by atoms with E-state index in [0.717, 1.165) is 17.5 Å². The average Bonchev–Trinajstić information content (AvgIpc) is 2.11. The summed E-state index contributed by atoms with van der Waals surface area (Å²) < 4.78 is 0. The maximum absolute atomic E-state index is 6.72. The Morgan fingerprint density at radius 2 is 2.31 bits per heavy atom. The van der Waals surface area contributed by atoms with Crippen molar-refractivity contribution < 1.29 is 0 Å². The quantitative estimate of drug-likeness (QED) is 0.566. The van der Waals surface area contributed by atoms with Crippen molar-refractivity contribution in [3.63, 3.8) is 0 Å². The van der Waals surface area contributed by atoms with Crippen LogP contribution in [0.2, 0.25) is 5.02 Å². The first-order valence-corrected chi connectivity index (χ1v) is 4.16. The third kappa shape index (κ3) is 2.87. The average molecular weight is 196 g/mol. The van der Waals surface area contributed by atoms with Crippen molar-refractivity contribution >= 4 is 29.7 Å². The largest absolute Gasteiger partial charge is 0.307 e. The van der Waals surface area contributed by atoms with Gasteiger partial charge in [0.25, 0.3) is 0 Å². The lowest BCUT2D eigenvalue weighted by atomic mass is 10.2. The van der Waals surface area contributed by atoms with E-state index in [1.807, 2.05) is 19.1 Å². The van der Waals surface area contributed by atoms with Crippen LogP contribution in [0.4, 0.5) is 5.69 Å². The van der Waals surface area contributed by atoms with E-state index in [2.05, 4.69) is 10.5 Å². The molecule has 3 nitrogen and oxygen atoms in total. The molecule has 0 aliphatic heterocycles. The molecule has 0 saturated heterocycles. The number of hydrogen-bond donors (Lipinski definition) is 2. The van der Waals surface area contributed by atoms with Crippen molar-refractivity contribution in [1.82, 2.24) is 0 Å². The van der Waals surface area contributed by atoms with Crippen LogP contribution < -0.4 is 5.43 Å². The van der Waals surface area contributed by atoms with Gasteiger partial charge in [0.05, 0.1) is 11.9 Å². The molecule has 0 unspecified atom stereocenters. The third-order valence-corrected chi connectivity index (χ3v) is 1.77. The minimum absolute atomic E-state index is 0.665. The number of halogens is 1. The Bertz CT molecular complexity index is 334. The highest BCUT2D eigenvalue weighted by Crippen LogP contribution is 2.19. The summed E-state index contributed by atoms with van der Waals surface area (Å²) in [5, 5.41) is 11.2. The molecular formula is C9H10ClN3. The molecule has 0 fully saturated rings. The van der Waals surface area contributed by atoms with Crippen molar-refractivity contribution in [3.05, 3.63) is 28.8 Å². The van der Waals surface area contributed by atoms with Crippen molar-refractivity contribution in [3.8, 4) is 0 Å². The van der Waals surface area contributed by atoms with Crippen LogP contribution in [0.25, 0.3) is 0 Å². The predicted octanol–water partition coefficient (Wildman–Crippen LogP) is 2.70. The van der Waals surface area contributed by atoms with Gasteiger partial charge in [-0.15, -0.1) is 0 Å². The molecule has 1 aromatic rings. The highest BCUT2D eigenvalue weighted by Gasteiger charge is 1.96. The second-order valence-corrected chi connectivity index (χ2v) is 2.95. The van der Waals surface area contributed by atoms with Crippen LogP contribution in [0.15, 0.2) is 23.3 Å². The van der Waals surface area contributed by atoms with E-state index in [0.29, 0.717) is 5.02 Å². The predicted molar refractivity (Wildman–Crippen MR) is 57.1 cm³/mol. The number of rotatable bonds is 3. The molecule has 0 aliphatic rings. The molecule has 13 heavy (non-hydrogen) atoms. The minimum Gasteiger partial charge on any atom is -0.307 e. The first kappa shape index (κ1) is 9.74. The standard InChI is InChI=1S/C9H10ClN3/c1-7-2-3-8(10)6-9(7)13-12-5-4-11/h2-6,11,13H,1H3/b11-4?,12-5-. The molecule has 1 rings (SSSR count). The van der Waals surface area contributed by atoms with Crippen molar-refractivity contribution in [2.24, 2.45) is 5.10 Å². The van der Waals surface area contributed by atoms with Crippen LogP contribution in [0.5, 0.6) is 0 Å². The lowest BCUT2D eigenvalue weighted by Crippen LogP contribution is -1.92. The topological polar surface area (TPSA) is 48.2 Å². The fourth-order valence-electron chi connectivity index (χ4n) is 0.859. The summed E-state index contributed by atoms with van der Waals surface area (Å²) in [6.07, 6.45) is 2.47. The first-order valence-electron chi connectivity index (χ1n) is 3.78. The highest BCUT2D eigenvalue weighted by molar-refractivity contribution is 6.30. The van der Waals surface area contributed by atoms with Gasteiger partial charge >= 0.3 is 0 Å². The molecule has 0 aromatic heterocycles. The van der Waals surface area contributed by atoms with E-state index >= 15 is 0 Å². The maximum atomic E-state index is 6.72. The van der Waals surface area contributed by atoms with E-state index in [1.54, 1.807) is 6.07 Å². The van der Waals surface area contributed by atoms with E-state index < -0.39 is 0 Å². The lowest BCUT2D eigenvalue weighted by molar-refractivity contribution is 1.31. The second kappa shape index (κ2) is 4.62. The highest BCUT2D eigenvalue weighted by atomic mass is 35.5. The molecule has 0 heterocycles. The molecule has 4 heteroatoms. The van der Waals surface area contributed by atoms with Crippen LogP contribution in [0.3, 0.4) is 0 Å². The monoisotopic (exact) mass is 195 g/mol. The molecule has 2 N–H and O–H groups in total. The van der Waals surface area contributed by atoms with Crippen molar-refractivity contribution in [1.29, 1.82) is 5.41 Å². The molecule has 0 amide bonds. The van der Waals surface area contributed by atoms with E-state index in [1.165, 1.54) is 6.21 Å². The van der Waals surface area contributed by atoms with Gasteiger partial charge in [0, 0.05) is 11.2 Å². The minimum atomic E-state index is 0.665. The zero-order valence-corrected chi connectivity index (χ0v) is 7.97. The van der Waals surface area contributed by atoms with Gasteiger partial charge in [-0.2, -0.15) is 5.10 Å². The zero-order valence-electron chi connectivity index (χ0n) is 7.21. The molecular weight excluding hydrogens is 186 g/mol. The maximum Gasteiger partial charge on any atom is 0.0648 e. The van der Waals surface area contributed by atoms with Gasteiger partial charge in [-0.1, -0.05) is 17.7 Å². The Kier molecular flexibility index (Phi) is 3.46. The van der Waals surface area contributed by atoms with Crippen molar-refractivity contribution in [2.75, 3.05) is 5.43 Å². The molecule has 0 saturated carbocycles. The van der Waals surface area contributed by atoms with Gasteiger partial charge in [-0.25, -0.2) is 0 Å². The summed E-state index contributed by atoms with van der Waals surface area (Å²) in [5.41, 5.74) is 4.70.